The predicted octanol–water partition coefficient (Wildman–Crippen LogP) is 4.51. The molecule has 2 saturated heterocycles. The average molecular weight is 423 g/mol. The van der Waals surface area contributed by atoms with Crippen molar-refractivity contribution in [2.24, 2.45) is 0 Å². The van der Waals surface area contributed by atoms with Gasteiger partial charge >= 0.3 is 0 Å². The highest BCUT2D eigenvalue weighted by Gasteiger charge is 2.21. The summed E-state index contributed by atoms with van der Waals surface area (Å²) in [6, 6.07) is 14.3. The molecule has 1 atom stereocenters. The molecule has 6 heteroatoms. The molecule has 2 aromatic rings. The summed E-state index contributed by atoms with van der Waals surface area (Å²) in [5.41, 5.74) is 1.59. The van der Waals surface area contributed by atoms with Crippen LogP contribution in [0.5, 0.6) is 5.75 Å². The lowest BCUT2D eigenvalue weighted by molar-refractivity contribution is 0.0679. The quantitative estimate of drug-likeness (QED) is 0.744. The number of ether oxygens (including phenoxy) is 2. The summed E-state index contributed by atoms with van der Waals surface area (Å²) in [4.78, 5) is 27.8. The van der Waals surface area contributed by atoms with Gasteiger partial charge in [-0.1, -0.05) is 25.0 Å². The Morgan fingerprint density at radius 1 is 0.968 bits per heavy atom. The van der Waals surface area contributed by atoms with E-state index < -0.39 is 0 Å². The van der Waals surface area contributed by atoms with E-state index in [4.69, 9.17) is 9.47 Å². The first kappa shape index (κ1) is 21.4. The van der Waals surface area contributed by atoms with Crippen LogP contribution >= 0.6 is 0 Å². The van der Waals surface area contributed by atoms with Crippen LogP contribution in [0, 0.1) is 0 Å². The van der Waals surface area contributed by atoms with Gasteiger partial charge in [0.15, 0.2) is 0 Å². The van der Waals surface area contributed by atoms with Crippen molar-refractivity contribution in [2.45, 2.75) is 44.6 Å². The fourth-order valence-electron chi connectivity index (χ4n) is 4.08. The van der Waals surface area contributed by atoms with Gasteiger partial charge in [0.05, 0.1) is 17.4 Å². The zero-order valence-corrected chi connectivity index (χ0v) is 17.8. The third-order valence-corrected chi connectivity index (χ3v) is 5.88. The Labute approximate surface area is 183 Å². The van der Waals surface area contributed by atoms with Crippen molar-refractivity contribution in [1.29, 1.82) is 0 Å². The fourth-order valence-corrected chi connectivity index (χ4v) is 4.08. The van der Waals surface area contributed by atoms with Crippen LogP contribution in [0.4, 0.5) is 5.69 Å². The zero-order chi connectivity index (χ0) is 21.5. The molecule has 6 nitrogen and oxygen atoms in total. The maximum atomic E-state index is 13.1. The minimum atomic E-state index is -0.248. The summed E-state index contributed by atoms with van der Waals surface area (Å²) in [5.74, 6) is 0.446. The third-order valence-electron chi connectivity index (χ3n) is 5.88. The molecule has 2 amide bonds. The number of carbonyl (C=O) groups excluding carboxylic acids is 2. The molecule has 2 aliphatic heterocycles. The molecule has 0 saturated carbocycles. The molecule has 0 aromatic heterocycles. The molecule has 1 N–H and O–H groups in total. The SMILES string of the molecule is O=C(Nc1ccccc1C(=O)N1CCCCCC1)c1ccc(OCC2CCCO2)cc1. The van der Waals surface area contributed by atoms with Crippen LogP contribution in [0.25, 0.3) is 0 Å². The number of hydrogen-bond acceptors (Lipinski definition) is 4. The molecule has 1 unspecified atom stereocenters. The van der Waals surface area contributed by atoms with E-state index in [1.165, 1.54) is 0 Å². The highest BCUT2D eigenvalue weighted by atomic mass is 16.5. The number of carbonyl (C=O) groups is 2. The van der Waals surface area contributed by atoms with E-state index >= 15 is 0 Å². The van der Waals surface area contributed by atoms with E-state index in [2.05, 4.69) is 5.32 Å². The second kappa shape index (κ2) is 10.4. The summed E-state index contributed by atoms with van der Waals surface area (Å²) >= 11 is 0. The second-order valence-electron chi connectivity index (χ2n) is 8.18. The van der Waals surface area contributed by atoms with Crippen molar-refractivity contribution in [3.8, 4) is 5.75 Å². The Morgan fingerprint density at radius 2 is 1.71 bits per heavy atom. The Kier molecular flexibility index (Phi) is 7.20. The highest BCUT2D eigenvalue weighted by Crippen LogP contribution is 2.22. The number of nitrogens with one attached hydrogen (secondary N) is 1. The van der Waals surface area contributed by atoms with E-state index in [9.17, 15) is 9.59 Å². The largest absolute Gasteiger partial charge is 0.491 e. The summed E-state index contributed by atoms with van der Waals surface area (Å²) in [6.45, 7) is 2.87. The van der Waals surface area contributed by atoms with Crippen LogP contribution in [-0.2, 0) is 4.74 Å². The minimum Gasteiger partial charge on any atom is -0.491 e. The van der Waals surface area contributed by atoms with Gasteiger partial charge in [0.1, 0.15) is 12.4 Å². The number of likely N-dealkylation sites (tertiary alicyclic amines) is 1. The van der Waals surface area contributed by atoms with E-state index in [0.29, 0.717) is 29.2 Å². The smallest absolute Gasteiger partial charge is 0.255 e. The van der Waals surface area contributed by atoms with E-state index in [1.807, 2.05) is 17.0 Å². The fraction of sp³-hybridized carbons (Fsp3) is 0.440. The molecular weight excluding hydrogens is 392 g/mol. The maximum Gasteiger partial charge on any atom is 0.255 e. The Bertz CT molecular complexity index is 883. The van der Waals surface area contributed by atoms with Gasteiger partial charge in [-0.3, -0.25) is 9.59 Å². The summed E-state index contributed by atoms with van der Waals surface area (Å²) in [6.07, 6.45) is 6.64. The first-order valence-corrected chi connectivity index (χ1v) is 11.2. The average Bonchev–Trinajstić information content (AvgIpc) is 3.18. The van der Waals surface area contributed by atoms with Crippen molar-refractivity contribution in [3.63, 3.8) is 0 Å². The monoisotopic (exact) mass is 422 g/mol. The van der Waals surface area contributed by atoms with Crippen LogP contribution in [-0.4, -0.2) is 49.1 Å². The van der Waals surface area contributed by atoms with E-state index in [0.717, 1.165) is 58.2 Å². The Hall–Kier alpha value is -2.86. The van der Waals surface area contributed by atoms with Crippen LogP contribution in [0.2, 0.25) is 0 Å². The molecule has 31 heavy (non-hydrogen) atoms. The van der Waals surface area contributed by atoms with Gasteiger partial charge in [0.25, 0.3) is 11.8 Å². The first-order valence-electron chi connectivity index (χ1n) is 11.2. The van der Waals surface area contributed by atoms with E-state index in [-0.39, 0.29) is 17.9 Å². The molecule has 0 radical (unpaired) electrons. The van der Waals surface area contributed by atoms with Gasteiger partial charge in [-0.05, 0) is 62.1 Å². The van der Waals surface area contributed by atoms with Crippen LogP contribution in [0.15, 0.2) is 48.5 Å². The summed E-state index contributed by atoms with van der Waals surface area (Å²) in [7, 11) is 0. The van der Waals surface area contributed by atoms with Crippen molar-refractivity contribution in [3.05, 3.63) is 59.7 Å². The summed E-state index contributed by atoms with van der Waals surface area (Å²) in [5, 5.41) is 2.91. The van der Waals surface area contributed by atoms with Crippen molar-refractivity contribution < 1.29 is 19.1 Å². The topological polar surface area (TPSA) is 67.9 Å². The molecular formula is C25H30N2O4. The second-order valence-corrected chi connectivity index (χ2v) is 8.18. The van der Waals surface area contributed by atoms with Crippen LogP contribution in [0.3, 0.4) is 0 Å². The number of rotatable bonds is 6. The third kappa shape index (κ3) is 5.64. The van der Waals surface area contributed by atoms with Gasteiger partial charge in [-0.15, -0.1) is 0 Å². The number of hydrogen-bond donors (Lipinski definition) is 1. The first-order chi connectivity index (χ1) is 15.2. The number of amides is 2. The molecule has 0 aliphatic carbocycles. The lowest BCUT2D eigenvalue weighted by atomic mass is 10.1. The number of para-hydroxylation sites is 1. The summed E-state index contributed by atoms with van der Waals surface area (Å²) < 4.78 is 11.3. The number of benzene rings is 2. The molecule has 4 rings (SSSR count). The molecule has 2 aromatic carbocycles. The standard InChI is InChI=1S/C25H30N2O4/c28-24(19-11-13-20(14-12-19)31-18-21-8-7-17-30-21)26-23-10-4-3-9-22(23)25(29)27-15-5-1-2-6-16-27/h3-4,9-14,21H,1-2,5-8,15-18H2,(H,26,28). The molecule has 2 aliphatic rings. The Morgan fingerprint density at radius 3 is 2.42 bits per heavy atom. The lowest BCUT2D eigenvalue weighted by Crippen LogP contribution is -2.32. The van der Waals surface area contributed by atoms with Gasteiger partial charge in [0, 0.05) is 25.3 Å². The lowest BCUT2D eigenvalue weighted by Gasteiger charge is -2.22. The maximum absolute atomic E-state index is 13.1. The Balaban J connectivity index is 1.39. The molecule has 0 spiro atoms. The number of anilines is 1. The molecule has 0 bridgehead atoms. The zero-order valence-electron chi connectivity index (χ0n) is 17.8. The van der Waals surface area contributed by atoms with Gasteiger partial charge < -0.3 is 19.7 Å². The van der Waals surface area contributed by atoms with Crippen LogP contribution in [0.1, 0.15) is 59.2 Å². The van der Waals surface area contributed by atoms with Crippen molar-refractivity contribution in [1.82, 2.24) is 4.90 Å². The highest BCUT2D eigenvalue weighted by molar-refractivity contribution is 6.09. The van der Waals surface area contributed by atoms with Gasteiger partial charge in [-0.25, -0.2) is 0 Å². The van der Waals surface area contributed by atoms with E-state index in [1.54, 1.807) is 36.4 Å². The van der Waals surface area contributed by atoms with Crippen molar-refractivity contribution in [2.75, 3.05) is 31.6 Å². The number of nitrogens with zero attached hydrogens (tertiary/aromatic N) is 1. The van der Waals surface area contributed by atoms with Gasteiger partial charge in [0.2, 0.25) is 0 Å². The molecule has 2 fully saturated rings. The molecule has 2 heterocycles. The van der Waals surface area contributed by atoms with Crippen molar-refractivity contribution >= 4 is 17.5 Å². The predicted molar refractivity (Wildman–Crippen MR) is 120 cm³/mol. The molecule has 164 valence electrons. The minimum absolute atomic E-state index is 0.0179. The van der Waals surface area contributed by atoms with Gasteiger partial charge in [-0.2, -0.15) is 0 Å². The van der Waals surface area contributed by atoms with Crippen LogP contribution < -0.4 is 10.1 Å². The normalized spacial score (nSPS) is 19.0.